The lowest BCUT2D eigenvalue weighted by Gasteiger charge is -2.31. The van der Waals surface area contributed by atoms with Crippen LogP contribution < -0.4 is 20.9 Å². The van der Waals surface area contributed by atoms with E-state index in [2.05, 4.69) is 21.3 Å². The monoisotopic (exact) mass is 291 g/mol. The van der Waals surface area contributed by atoms with Crippen LogP contribution in [0.5, 0.6) is 5.88 Å². The number of rotatable bonds is 2. The van der Waals surface area contributed by atoms with Gasteiger partial charge in [0.15, 0.2) is 5.69 Å². The first-order valence-electron chi connectivity index (χ1n) is 7.79. The molecule has 0 radical (unpaired) electrons. The van der Waals surface area contributed by atoms with Gasteiger partial charge in [0.2, 0.25) is 5.88 Å². The number of amides is 1. The van der Waals surface area contributed by atoms with Crippen molar-refractivity contribution >= 4 is 5.91 Å². The highest BCUT2D eigenvalue weighted by atomic mass is 16.5. The normalized spacial score (nSPS) is 31.1. The molecule has 21 heavy (non-hydrogen) atoms. The SMILES string of the molecule is O=C(NC1CCC2CNNC2C1)c1cc2n(n1)CCCO2. The molecule has 1 aliphatic carbocycles. The summed E-state index contributed by atoms with van der Waals surface area (Å²) in [7, 11) is 0. The van der Waals surface area contributed by atoms with Crippen LogP contribution in [-0.2, 0) is 6.54 Å². The maximum Gasteiger partial charge on any atom is 0.272 e. The summed E-state index contributed by atoms with van der Waals surface area (Å²) in [5.41, 5.74) is 6.97. The fourth-order valence-corrected chi connectivity index (χ4v) is 3.54. The fraction of sp³-hybridized carbons (Fsp3) is 0.714. The number of aromatic nitrogens is 2. The highest BCUT2D eigenvalue weighted by Gasteiger charge is 2.34. The Bertz CT molecular complexity index is 520. The molecule has 3 unspecified atom stereocenters. The third-order valence-corrected chi connectivity index (χ3v) is 4.72. The molecule has 1 aromatic rings. The zero-order valence-electron chi connectivity index (χ0n) is 12.0. The Balaban J connectivity index is 1.40. The molecule has 2 fully saturated rings. The van der Waals surface area contributed by atoms with Crippen molar-refractivity contribution in [3.05, 3.63) is 11.8 Å². The Morgan fingerprint density at radius 1 is 1.48 bits per heavy atom. The molecule has 3 aliphatic rings. The second kappa shape index (κ2) is 5.31. The first-order chi connectivity index (χ1) is 10.3. The third kappa shape index (κ3) is 2.51. The summed E-state index contributed by atoms with van der Waals surface area (Å²) in [6.07, 6.45) is 4.12. The molecule has 0 spiro atoms. The molecule has 7 nitrogen and oxygen atoms in total. The second-order valence-electron chi connectivity index (χ2n) is 6.17. The summed E-state index contributed by atoms with van der Waals surface area (Å²) in [5.74, 6) is 1.32. The summed E-state index contributed by atoms with van der Waals surface area (Å²) >= 11 is 0. The average molecular weight is 291 g/mol. The minimum atomic E-state index is -0.0880. The molecule has 0 aromatic carbocycles. The number of hydrazine groups is 1. The van der Waals surface area contributed by atoms with Crippen molar-refractivity contribution in [2.75, 3.05) is 13.2 Å². The molecule has 1 amide bonds. The molecule has 1 aromatic heterocycles. The van der Waals surface area contributed by atoms with Gasteiger partial charge in [-0.2, -0.15) is 5.10 Å². The van der Waals surface area contributed by atoms with Gasteiger partial charge in [0.05, 0.1) is 6.61 Å². The number of carbonyl (C=O) groups excluding carboxylic acids is 1. The van der Waals surface area contributed by atoms with Gasteiger partial charge in [0.25, 0.3) is 5.91 Å². The number of nitrogens with zero attached hydrogens (tertiary/aromatic N) is 2. The van der Waals surface area contributed by atoms with Crippen LogP contribution in [0.3, 0.4) is 0 Å². The van der Waals surface area contributed by atoms with Gasteiger partial charge in [0, 0.05) is 37.7 Å². The van der Waals surface area contributed by atoms with Crippen LogP contribution in [0.4, 0.5) is 0 Å². The molecule has 3 heterocycles. The predicted molar refractivity (Wildman–Crippen MR) is 75.9 cm³/mol. The lowest BCUT2D eigenvalue weighted by atomic mass is 9.83. The van der Waals surface area contributed by atoms with Crippen LogP contribution in [-0.4, -0.2) is 40.9 Å². The first kappa shape index (κ1) is 13.1. The minimum Gasteiger partial charge on any atom is -0.478 e. The van der Waals surface area contributed by atoms with Crippen LogP contribution in [0.25, 0.3) is 0 Å². The van der Waals surface area contributed by atoms with E-state index >= 15 is 0 Å². The van der Waals surface area contributed by atoms with Crippen molar-refractivity contribution in [1.82, 2.24) is 25.9 Å². The molecule has 3 atom stereocenters. The summed E-state index contributed by atoms with van der Waals surface area (Å²) in [4.78, 5) is 12.3. The molecule has 2 aliphatic heterocycles. The molecule has 7 heteroatoms. The van der Waals surface area contributed by atoms with Gasteiger partial charge in [-0.1, -0.05) is 0 Å². The predicted octanol–water partition coefficient (Wildman–Crippen LogP) is 0.0405. The quantitative estimate of drug-likeness (QED) is 0.717. The highest BCUT2D eigenvalue weighted by molar-refractivity contribution is 5.92. The Morgan fingerprint density at radius 3 is 3.33 bits per heavy atom. The Hall–Kier alpha value is -1.60. The van der Waals surface area contributed by atoms with Gasteiger partial charge in [-0.15, -0.1) is 0 Å². The average Bonchev–Trinajstić information content (AvgIpc) is 3.13. The number of carbonyl (C=O) groups is 1. The molecule has 3 N–H and O–H groups in total. The Labute approximate surface area is 123 Å². The Morgan fingerprint density at radius 2 is 2.43 bits per heavy atom. The van der Waals surface area contributed by atoms with Crippen molar-refractivity contribution in [1.29, 1.82) is 0 Å². The van der Waals surface area contributed by atoms with E-state index in [9.17, 15) is 4.79 Å². The van der Waals surface area contributed by atoms with Gasteiger partial charge >= 0.3 is 0 Å². The lowest BCUT2D eigenvalue weighted by molar-refractivity contribution is 0.0913. The van der Waals surface area contributed by atoms with Crippen molar-refractivity contribution < 1.29 is 9.53 Å². The minimum absolute atomic E-state index is 0.0880. The zero-order chi connectivity index (χ0) is 14.2. The van der Waals surface area contributed by atoms with Gasteiger partial charge in [-0.3, -0.25) is 15.6 Å². The number of nitrogens with one attached hydrogen (secondary N) is 3. The molecule has 1 saturated carbocycles. The van der Waals surface area contributed by atoms with Crippen molar-refractivity contribution in [3.8, 4) is 5.88 Å². The maximum absolute atomic E-state index is 12.3. The van der Waals surface area contributed by atoms with Crippen LogP contribution in [0.2, 0.25) is 0 Å². The summed E-state index contributed by atoms with van der Waals surface area (Å²) in [5, 5.41) is 7.45. The molecule has 4 rings (SSSR count). The Kier molecular flexibility index (Phi) is 3.31. The van der Waals surface area contributed by atoms with E-state index in [0.29, 0.717) is 30.1 Å². The summed E-state index contributed by atoms with van der Waals surface area (Å²) in [6, 6.07) is 2.45. The second-order valence-corrected chi connectivity index (χ2v) is 6.17. The van der Waals surface area contributed by atoms with E-state index in [1.165, 1.54) is 0 Å². The third-order valence-electron chi connectivity index (χ3n) is 4.72. The van der Waals surface area contributed by atoms with E-state index in [4.69, 9.17) is 4.74 Å². The molecular weight excluding hydrogens is 270 g/mol. The lowest BCUT2D eigenvalue weighted by Crippen LogP contribution is -2.45. The molecule has 0 bridgehead atoms. The number of ether oxygens (including phenoxy) is 1. The van der Waals surface area contributed by atoms with Gasteiger partial charge < -0.3 is 10.1 Å². The molecular formula is C14H21N5O2. The van der Waals surface area contributed by atoms with E-state index in [-0.39, 0.29) is 11.9 Å². The number of fused-ring (bicyclic) bond motifs is 2. The number of hydrogen-bond donors (Lipinski definition) is 3. The standard InChI is InChI=1S/C14H21N5O2/c20-14(12-7-13-19(18-12)4-1-5-21-13)16-10-3-2-9-8-15-17-11(9)6-10/h7,9-11,15,17H,1-6,8H2,(H,16,20). The number of hydrogen-bond acceptors (Lipinski definition) is 5. The highest BCUT2D eigenvalue weighted by Crippen LogP contribution is 2.27. The van der Waals surface area contributed by atoms with E-state index in [1.54, 1.807) is 10.7 Å². The van der Waals surface area contributed by atoms with Gasteiger partial charge in [-0.05, 0) is 25.2 Å². The van der Waals surface area contributed by atoms with Gasteiger partial charge in [0.1, 0.15) is 0 Å². The fourth-order valence-electron chi connectivity index (χ4n) is 3.54. The smallest absolute Gasteiger partial charge is 0.272 e. The van der Waals surface area contributed by atoms with Crippen LogP contribution >= 0.6 is 0 Å². The molecule has 1 saturated heterocycles. The largest absolute Gasteiger partial charge is 0.478 e. The van der Waals surface area contributed by atoms with Crippen LogP contribution in [0, 0.1) is 5.92 Å². The number of aryl methyl sites for hydroxylation is 1. The topological polar surface area (TPSA) is 80.2 Å². The van der Waals surface area contributed by atoms with Crippen LogP contribution in [0.1, 0.15) is 36.2 Å². The van der Waals surface area contributed by atoms with Gasteiger partial charge in [-0.25, -0.2) is 4.68 Å². The maximum atomic E-state index is 12.3. The van der Waals surface area contributed by atoms with E-state index in [0.717, 1.165) is 38.8 Å². The van der Waals surface area contributed by atoms with E-state index < -0.39 is 0 Å². The first-order valence-corrected chi connectivity index (χ1v) is 7.79. The summed E-state index contributed by atoms with van der Waals surface area (Å²) in [6.45, 7) is 2.57. The van der Waals surface area contributed by atoms with Crippen molar-refractivity contribution in [2.24, 2.45) is 5.92 Å². The zero-order valence-corrected chi connectivity index (χ0v) is 12.0. The van der Waals surface area contributed by atoms with Crippen molar-refractivity contribution in [2.45, 2.75) is 44.3 Å². The molecule has 114 valence electrons. The summed E-state index contributed by atoms with van der Waals surface area (Å²) < 4.78 is 7.28. The van der Waals surface area contributed by atoms with E-state index in [1.807, 2.05) is 0 Å². The van der Waals surface area contributed by atoms with Crippen LogP contribution in [0.15, 0.2) is 6.07 Å². The van der Waals surface area contributed by atoms with Crippen molar-refractivity contribution in [3.63, 3.8) is 0 Å².